The Hall–Kier alpha value is -2.43. The Kier molecular flexibility index (Phi) is 6.01. The molecule has 0 bridgehead atoms. The van der Waals surface area contributed by atoms with Crippen molar-refractivity contribution in [2.75, 3.05) is 6.54 Å². The van der Waals surface area contributed by atoms with Crippen LogP contribution >= 0.6 is 0 Å². The predicted octanol–water partition coefficient (Wildman–Crippen LogP) is 4.86. The fourth-order valence-electron chi connectivity index (χ4n) is 3.74. The van der Waals surface area contributed by atoms with E-state index in [-0.39, 0.29) is 29.7 Å². The first-order valence-corrected chi connectivity index (χ1v) is 10.3. The fourth-order valence-corrected chi connectivity index (χ4v) is 3.74. The number of likely N-dealkylation sites (tertiary alicyclic amines) is 1. The molecule has 1 aliphatic rings. The molecule has 3 rings (SSSR count). The first kappa shape index (κ1) is 20.3. The smallest absolute Gasteiger partial charge is 0.234 e. The third-order valence-electron chi connectivity index (χ3n) is 5.39. The van der Waals surface area contributed by atoms with E-state index in [0.717, 1.165) is 37.1 Å². The van der Waals surface area contributed by atoms with Crippen molar-refractivity contribution in [3.8, 4) is 11.3 Å². The van der Waals surface area contributed by atoms with Crippen LogP contribution in [0.25, 0.3) is 11.3 Å². The molecule has 1 aliphatic heterocycles. The van der Waals surface area contributed by atoms with Crippen molar-refractivity contribution < 1.29 is 9.59 Å². The third-order valence-corrected chi connectivity index (χ3v) is 5.39. The van der Waals surface area contributed by atoms with Gasteiger partial charge in [-0.15, -0.1) is 0 Å². The highest BCUT2D eigenvalue weighted by Gasteiger charge is 2.34. The summed E-state index contributed by atoms with van der Waals surface area (Å²) >= 11 is 0. The lowest BCUT2D eigenvalue weighted by atomic mass is 9.99. The number of aryl methyl sites for hydroxylation is 1. The Bertz CT molecular complexity index is 849. The minimum Gasteiger partial charge on any atom is -0.332 e. The maximum atomic E-state index is 12.9. The lowest BCUT2D eigenvalue weighted by Crippen LogP contribution is -2.42. The molecule has 2 heterocycles. The number of rotatable bonds is 4. The van der Waals surface area contributed by atoms with Crippen LogP contribution in [0.5, 0.6) is 0 Å². The number of carbonyl (C=O) groups excluding carboxylic acids is 2. The van der Waals surface area contributed by atoms with Crippen LogP contribution in [0.2, 0.25) is 0 Å². The zero-order valence-corrected chi connectivity index (χ0v) is 17.6. The van der Waals surface area contributed by atoms with Gasteiger partial charge in [-0.25, -0.2) is 4.98 Å². The quantitative estimate of drug-likeness (QED) is 0.760. The van der Waals surface area contributed by atoms with Crippen LogP contribution in [0.1, 0.15) is 69.2 Å². The molecule has 0 aliphatic carbocycles. The number of benzene rings is 1. The van der Waals surface area contributed by atoms with E-state index in [1.807, 2.05) is 70.0 Å². The lowest BCUT2D eigenvalue weighted by molar-refractivity contribution is -0.138. The normalized spacial score (nSPS) is 17.4. The van der Waals surface area contributed by atoms with Gasteiger partial charge >= 0.3 is 0 Å². The average Bonchev–Trinajstić information content (AvgIpc) is 3.12. The molecule has 0 radical (unpaired) electrons. The van der Waals surface area contributed by atoms with Gasteiger partial charge in [-0.2, -0.15) is 0 Å². The average molecular weight is 382 g/mol. The van der Waals surface area contributed by atoms with E-state index in [1.165, 1.54) is 5.56 Å². The topological polar surface area (TPSA) is 55.2 Å². The molecule has 0 spiro atoms. The standard InChI is InChI=1S/C23H31N3O2/c1-15(2)22(27)25-13-7-6-8-20(25)21-24-19(14-26(21)23(28)16(3)4)18-11-9-17(5)10-12-18/h9-12,14-16,20H,6-8,13H2,1-5H3. The van der Waals surface area contributed by atoms with E-state index < -0.39 is 0 Å². The van der Waals surface area contributed by atoms with Crippen molar-refractivity contribution in [2.45, 2.75) is 59.9 Å². The van der Waals surface area contributed by atoms with E-state index >= 15 is 0 Å². The molecular weight excluding hydrogens is 350 g/mol. The molecule has 28 heavy (non-hydrogen) atoms. The Balaban J connectivity index is 2.07. The summed E-state index contributed by atoms with van der Waals surface area (Å²) in [7, 11) is 0. The zero-order valence-electron chi connectivity index (χ0n) is 17.6. The van der Waals surface area contributed by atoms with Crippen molar-refractivity contribution in [3.63, 3.8) is 0 Å². The molecule has 5 heteroatoms. The van der Waals surface area contributed by atoms with Gasteiger partial charge in [0.05, 0.1) is 11.7 Å². The van der Waals surface area contributed by atoms with E-state index in [9.17, 15) is 9.59 Å². The van der Waals surface area contributed by atoms with Gasteiger partial charge < -0.3 is 4.90 Å². The molecule has 1 fully saturated rings. The number of amides is 1. The van der Waals surface area contributed by atoms with Crippen LogP contribution in [-0.4, -0.2) is 32.8 Å². The molecule has 5 nitrogen and oxygen atoms in total. The second-order valence-corrected chi connectivity index (χ2v) is 8.41. The molecular formula is C23H31N3O2. The Morgan fingerprint density at radius 2 is 1.64 bits per heavy atom. The molecule has 1 aromatic carbocycles. The van der Waals surface area contributed by atoms with Crippen molar-refractivity contribution >= 4 is 11.8 Å². The van der Waals surface area contributed by atoms with Crippen molar-refractivity contribution in [1.82, 2.24) is 14.5 Å². The van der Waals surface area contributed by atoms with Gasteiger partial charge in [0.2, 0.25) is 11.8 Å². The molecule has 2 aromatic rings. The highest BCUT2D eigenvalue weighted by atomic mass is 16.2. The molecule has 0 saturated carbocycles. The summed E-state index contributed by atoms with van der Waals surface area (Å²) in [6.45, 7) is 10.4. The van der Waals surface area contributed by atoms with Gasteiger partial charge in [-0.1, -0.05) is 57.5 Å². The third kappa shape index (κ3) is 4.03. The van der Waals surface area contributed by atoms with Gasteiger partial charge in [0.1, 0.15) is 5.82 Å². The summed E-state index contributed by atoms with van der Waals surface area (Å²) in [6, 6.07) is 8.01. The zero-order chi connectivity index (χ0) is 20.4. The molecule has 1 saturated heterocycles. The van der Waals surface area contributed by atoms with Crippen molar-refractivity contribution in [3.05, 3.63) is 41.9 Å². The number of nitrogens with zero attached hydrogens (tertiary/aromatic N) is 3. The second kappa shape index (κ2) is 8.29. The Labute approximate surface area is 167 Å². The SMILES string of the molecule is Cc1ccc(-c2cn(C(=O)C(C)C)c(C3CCCCN3C(=O)C(C)C)n2)cc1. The molecule has 1 atom stereocenters. The Morgan fingerprint density at radius 1 is 1.00 bits per heavy atom. The number of imidazole rings is 1. The van der Waals surface area contributed by atoms with Crippen LogP contribution < -0.4 is 0 Å². The highest BCUT2D eigenvalue weighted by Crippen LogP contribution is 2.33. The second-order valence-electron chi connectivity index (χ2n) is 8.41. The van der Waals surface area contributed by atoms with Crippen LogP contribution in [0, 0.1) is 18.8 Å². The molecule has 1 amide bonds. The summed E-state index contributed by atoms with van der Waals surface area (Å²) in [4.78, 5) is 32.6. The maximum Gasteiger partial charge on any atom is 0.234 e. The van der Waals surface area contributed by atoms with Crippen molar-refractivity contribution in [2.24, 2.45) is 11.8 Å². The monoisotopic (exact) mass is 381 g/mol. The minimum atomic E-state index is -0.148. The number of piperidine rings is 1. The summed E-state index contributed by atoms with van der Waals surface area (Å²) in [5, 5.41) is 0. The molecule has 150 valence electrons. The molecule has 1 aromatic heterocycles. The van der Waals surface area contributed by atoms with Gasteiger partial charge in [-0.3, -0.25) is 14.2 Å². The van der Waals surface area contributed by atoms with E-state index in [4.69, 9.17) is 4.98 Å². The van der Waals surface area contributed by atoms with Gasteiger partial charge in [-0.05, 0) is 26.2 Å². The van der Waals surface area contributed by atoms with Crippen LogP contribution in [-0.2, 0) is 4.79 Å². The molecule has 0 N–H and O–H groups in total. The first-order chi connectivity index (χ1) is 13.3. The summed E-state index contributed by atoms with van der Waals surface area (Å²) in [5.74, 6) is 0.637. The number of carbonyl (C=O) groups is 2. The molecule has 1 unspecified atom stereocenters. The predicted molar refractivity (Wildman–Crippen MR) is 111 cm³/mol. The van der Waals surface area contributed by atoms with Crippen LogP contribution in [0.4, 0.5) is 0 Å². The van der Waals surface area contributed by atoms with Gasteiger partial charge in [0.25, 0.3) is 0 Å². The highest BCUT2D eigenvalue weighted by molar-refractivity contribution is 5.83. The summed E-state index contributed by atoms with van der Waals surface area (Å²) in [6.07, 6.45) is 4.72. The first-order valence-electron chi connectivity index (χ1n) is 10.3. The lowest BCUT2D eigenvalue weighted by Gasteiger charge is -2.36. The fraction of sp³-hybridized carbons (Fsp3) is 0.522. The van der Waals surface area contributed by atoms with Gasteiger partial charge in [0, 0.05) is 30.1 Å². The van der Waals surface area contributed by atoms with E-state index in [0.29, 0.717) is 5.82 Å². The van der Waals surface area contributed by atoms with E-state index in [1.54, 1.807) is 4.57 Å². The van der Waals surface area contributed by atoms with Crippen molar-refractivity contribution in [1.29, 1.82) is 0 Å². The number of hydrogen-bond acceptors (Lipinski definition) is 3. The maximum absolute atomic E-state index is 12.9. The van der Waals surface area contributed by atoms with Gasteiger partial charge in [0.15, 0.2) is 0 Å². The number of hydrogen-bond donors (Lipinski definition) is 0. The number of aromatic nitrogens is 2. The van der Waals surface area contributed by atoms with E-state index in [2.05, 4.69) is 0 Å². The summed E-state index contributed by atoms with van der Waals surface area (Å²) < 4.78 is 1.69. The Morgan fingerprint density at radius 3 is 2.25 bits per heavy atom. The largest absolute Gasteiger partial charge is 0.332 e. The summed E-state index contributed by atoms with van der Waals surface area (Å²) in [5.41, 5.74) is 2.95. The minimum absolute atomic E-state index is 0.0170. The van der Waals surface area contributed by atoms with Crippen LogP contribution in [0.15, 0.2) is 30.5 Å². The van der Waals surface area contributed by atoms with Crippen LogP contribution in [0.3, 0.4) is 0 Å².